The summed E-state index contributed by atoms with van der Waals surface area (Å²) in [6.07, 6.45) is 0. The number of fused-ring (bicyclic) bond motifs is 1. The number of hydrogen-bond acceptors (Lipinski definition) is 3. The highest BCUT2D eigenvalue weighted by Crippen LogP contribution is 2.41. The number of nitrogens with one attached hydrogen (secondary N) is 1. The van der Waals surface area contributed by atoms with Crippen molar-refractivity contribution in [2.45, 2.75) is 12.5 Å². The van der Waals surface area contributed by atoms with Crippen LogP contribution in [0.25, 0.3) is 0 Å². The van der Waals surface area contributed by atoms with Crippen LogP contribution in [0.3, 0.4) is 0 Å². The van der Waals surface area contributed by atoms with Crippen LogP contribution in [-0.2, 0) is 10.4 Å². The lowest BCUT2D eigenvalue weighted by Gasteiger charge is -2.21. The van der Waals surface area contributed by atoms with Gasteiger partial charge in [-0.05, 0) is 30.7 Å². The number of aryl methyl sites for hydroxylation is 1. The molecular weight excluding hydrogens is 254 g/mol. The molecule has 20 heavy (non-hydrogen) atoms. The third kappa shape index (κ3) is 1.69. The highest BCUT2D eigenvalue weighted by atomic mass is 16.5. The summed E-state index contributed by atoms with van der Waals surface area (Å²) in [7, 11) is 1.57. The van der Waals surface area contributed by atoms with Crippen LogP contribution in [0.5, 0.6) is 5.75 Å². The maximum atomic E-state index is 12.2. The van der Waals surface area contributed by atoms with E-state index in [0.29, 0.717) is 22.6 Å². The van der Waals surface area contributed by atoms with Crippen molar-refractivity contribution in [1.82, 2.24) is 0 Å². The van der Waals surface area contributed by atoms with E-state index >= 15 is 0 Å². The first-order chi connectivity index (χ1) is 9.55. The molecule has 2 aromatic rings. The standard InChI is InChI=1S/C16H15NO3/c1-10-3-8-14-13(9-10)16(19,15(18)17-14)11-4-6-12(20-2)7-5-11/h3-9,19H,1-2H3,(H,17,18)/t16-/m1/s1. The molecule has 3 rings (SSSR count). The Labute approximate surface area is 117 Å². The summed E-state index contributed by atoms with van der Waals surface area (Å²) in [4.78, 5) is 12.2. The molecule has 0 spiro atoms. The number of amides is 1. The smallest absolute Gasteiger partial charge is 0.265 e. The fourth-order valence-corrected chi connectivity index (χ4v) is 2.52. The first-order valence-electron chi connectivity index (χ1n) is 6.35. The Bertz CT molecular complexity index is 679. The Morgan fingerprint density at radius 2 is 1.85 bits per heavy atom. The van der Waals surface area contributed by atoms with Gasteiger partial charge < -0.3 is 15.2 Å². The van der Waals surface area contributed by atoms with Crippen LogP contribution >= 0.6 is 0 Å². The number of benzene rings is 2. The molecule has 0 radical (unpaired) electrons. The number of aliphatic hydroxyl groups is 1. The van der Waals surface area contributed by atoms with Gasteiger partial charge in [-0.15, -0.1) is 0 Å². The van der Waals surface area contributed by atoms with Crippen LogP contribution in [0.2, 0.25) is 0 Å². The second-order valence-electron chi connectivity index (χ2n) is 4.94. The molecule has 0 aliphatic carbocycles. The maximum absolute atomic E-state index is 12.2. The Kier molecular flexibility index (Phi) is 2.76. The lowest BCUT2D eigenvalue weighted by molar-refractivity contribution is -0.129. The van der Waals surface area contributed by atoms with E-state index in [9.17, 15) is 9.90 Å². The maximum Gasteiger partial charge on any atom is 0.265 e. The number of methoxy groups -OCH3 is 1. The molecule has 4 heteroatoms. The summed E-state index contributed by atoms with van der Waals surface area (Å²) in [6.45, 7) is 1.93. The predicted octanol–water partition coefficient (Wildman–Crippen LogP) is 2.19. The molecule has 1 atom stereocenters. The molecule has 0 unspecified atom stereocenters. The van der Waals surface area contributed by atoms with E-state index < -0.39 is 11.5 Å². The monoisotopic (exact) mass is 269 g/mol. The molecule has 2 N–H and O–H groups in total. The van der Waals surface area contributed by atoms with Gasteiger partial charge in [-0.25, -0.2) is 0 Å². The van der Waals surface area contributed by atoms with E-state index in [2.05, 4.69) is 5.32 Å². The van der Waals surface area contributed by atoms with Crippen molar-refractivity contribution in [3.05, 3.63) is 59.2 Å². The van der Waals surface area contributed by atoms with Crippen molar-refractivity contribution < 1.29 is 14.6 Å². The van der Waals surface area contributed by atoms with Crippen molar-refractivity contribution >= 4 is 11.6 Å². The topological polar surface area (TPSA) is 58.6 Å². The number of hydrogen-bond donors (Lipinski definition) is 2. The zero-order chi connectivity index (χ0) is 14.3. The first-order valence-corrected chi connectivity index (χ1v) is 6.35. The molecule has 0 saturated carbocycles. The van der Waals surface area contributed by atoms with Gasteiger partial charge in [0.15, 0.2) is 5.60 Å². The Balaban J connectivity index is 2.15. The van der Waals surface area contributed by atoms with Crippen LogP contribution in [0.1, 0.15) is 16.7 Å². The largest absolute Gasteiger partial charge is 0.497 e. The van der Waals surface area contributed by atoms with E-state index in [0.717, 1.165) is 5.56 Å². The van der Waals surface area contributed by atoms with Gasteiger partial charge >= 0.3 is 0 Å². The average Bonchev–Trinajstić information content (AvgIpc) is 2.72. The Hall–Kier alpha value is -2.33. The lowest BCUT2D eigenvalue weighted by atomic mass is 9.87. The van der Waals surface area contributed by atoms with Crippen LogP contribution in [-0.4, -0.2) is 18.1 Å². The van der Waals surface area contributed by atoms with Gasteiger partial charge in [0, 0.05) is 11.3 Å². The van der Waals surface area contributed by atoms with E-state index in [4.69, 9.17) is 4.74 Å². The normalized spacial score (nSPS) is 20.4. The molecule has 0 saturated heterocycles. The van der Waals surface area contributed by atoms with Gasteiger partial charge in [-0.3, -0.25) is 4.79 Å². The Morgan fingerprint density at radius 1 is 1.15 bits per heavy atom. The molecular formula is C16H15NO3. The molecule has 2 aromatic carbocycles. The van der Waals surface area contributed by atoms with Crippen molar-refractivity contribution in [3.8, 4) is 5.75 Å². The third-order valence-corrected chi connectivity index (χ3v) is 3.65. The highest BCUT2D eigenvalue weighted by Gasteiger charge is 2.46. The minimum Gasteiger partial charge on any atom is -0.497 e. The second-order valence-corrected chi connectivity index (χ2v) is 4.94. The van der Waals surface area contributed by atoms with Crippen LogP contribution in [0.4, 0.5) is 5.69 Å². The molecule has 0 fully saturated rings. The van der Waals surface area contributed by atoms with E-state index in [1.807, 2.05) is 25.1 Å². The van der Waals surface area contributed by atoms with Crippen LogP contribution in [0, 0.1) is 6.92 Å². The first kappa shape index (κ1) is 12.7. The van der Waals surface area contributed by atoms with E-state index in [1.54, 1.807) is 31.4 Å². The van der Waals surface area contributed by atoms with Crippen molar-refractivity contribution in [2.24, 2.45) is 0 Å². The molecule has 1 heterocycles. The van der Waals surface area contributed by atoms with E-state index in [1.165, 1.54) is 0 Å². The van der Waals surface area contributed by atoms with Crippen molar-refractivity contribution in [3.63, 3.8) is 0 Å². The van der Waals surface area contributed by atoms with Gasteiger partial charge in [-0.2, -0.15) is 0 Å². The molecule has 4 nitrogen and oxygen atoms in total. The number of rotatable bonds is 2. The summed E-state index contributed by atoms with van der Waals surface area (Å²) in [6, 6.07) is 12.4. The van der Waals surface area contributed by atoms with Gasteiger partial charge in [0.2, 0.25) is 0 Å². The zero-order valence-electron chi connectivity index (χ0n) is 11.3. The minimum absolute atomic E-state index is 0.428. The van der Waals surface area contributed by atoms with Gasteiger partial charge in [0.05, 0.1) is 7.11 Å². The summed E-state index contributed by atoms with van der Waals surface area (Å²) in [5.41, 5.74) is 1.12. The number of carbonyl (C=O) groups is 1. The molecule has 1 aliphatic heterocycles. The number of carbonyl (C=O) groups excluding carboxylic acids is 1. The molecule has 0 bridgehead atoms. The summed E-state index contributed by atoms with van der Waals surface area (Å²) >= 11 is 0. The van der Waals surface area contributed by atoms with Crippen LogP contribution in [0.15, 0.2) is 42.5 Å². The van der Waals surface area contributed by atoms with E-state index in [-0.39, 0.29) is 0 Å². The summed E-state index contributed by atoms with van der Waals surface area (Å²) in [5, 5.41) is 13.6. The minimum atomic E-state index is -1.65. The predicted molar refractivity (Wildman–Crippen MR) is 75.8 cm³/mol. The Morgan fingerprint density at radius 3 is 2.50 bits per heavy atom. The second kappa shape index (κ2) is 4.35. The lowest BCUT2D eigenvalue weighted by Crippen LogP contribution is -2.35. The number of ether oxygens (including phenoxy) is 1. The average molecular weight is 269 g/mol. The quantitative estimate of drug-likeness (QED) is 0.878. The zero-order valence-corrected chi connectivity index (χ0v) is 11.3. The fourth-order valence-electron chi connectivity index (χ4n) is 2.52. The van der Waals surface area contributed by atoms with Crippen molar-refractivity contribution in [1.29, 1.82) is 0 Å². The third-order valence-electron chi connectivity index (χ3n) is 3.65. The van der Waals surface area contributed by atoms with Crippen LogP contribution < -0.4 is 10.1 Å². The molecule has 0 aromatic heterocycles. The van der Waals surface area contributed by atoms with Gasteiger partial charge in [0.1, 0.15) is 5.75 Å². The summed E-state index contributed by atoms with van der Waals surface area (Å²) in [5.74, 6) is 0.253. The highest BCUT2D eigenvalue weighted by molar-refractivity contribution is 6.07. The molecule has 1 amide bonds. The molecule has 102 valence electrons. The van der Waals surface area contributed by atoms with Crippen molar-refractivity contribution in [2.75, 3.05) is 12.4 Å². The summed E-state index contributed by atoms with van der Waals surface area (Å²) < 4.78 is 5.10. The fraction of sp³-hybridized carbons (Fsp3) is 0.188. The van der Waals surface area contributed by atoms with Gasteiger partial charge in [-0.1, -0.05) is 29.8 Å². The SMILES string of the molecule is COc1ccc([C@]2(O)C(=O)Nc3ccc(C)cc32)cc1. The number of anilines is 1. The molecule has 1 aliphatic rings. The van der Waals surface area contributed by atoms with Gasteiger partial charge in [0.25, 0.3) is 5.91 Å².